The van der Waals surface area contributed by atoms with Gasteiger partial charge in [-0.1, -0.05) is 0 Å². The number of hydrogen-bond acceptors (Lipinski definition) is 4. The summed E-state index contributed by atoms with van der Waals surface area (Å²) in [6.07, 6.45) is 7.68. The second-order valence-corrected chi connectivity index (χ2v) is 9.49. The molecule has 4 bridgehead atoms. The second kappa shape index (κ2) is 8.18. The zero-order valence-corrected chi connectivity index (χ0v) is 17.0. The van der Waals surface area contributed by atoms with E-state index in [1.165, 1.54) is 19.3 Å². The Hall–Kier alpha value is -1.61. The first kappa shape index (κ1) is 20.1. The maximum Gasteiger partial charge on any atom is 0.237 e. The number of amides is 2. The summed E-state index contributed by atoms with van der Waals surface area (Å²) in [6.45, 7) is 4.84. The van der Waals surface area contributed by atoms with Gasteiger partial charge in [-0.25, -0.2) is 0 Å². The van der Waals surface area contributed by atoms with E-state index in [4.69, 9.17) is 5.26 Å². The Bertz CT molecular complexity index is 575. The SMILES string of the molecule is CC(C)NC(=O)CN(C)CC(=O)N(CCC#N)C12CC3CC(CC(C3)C1)C2. The number of nitriles is 1. The van der Waals surface area contributed by atoms with Crippen molar-refractivity contribution >= 4 is 11.8 Å². The molecule has 0 radical (unpaired) electrons. The first-order chi connectivity index (χ1) is 12.8. The molecule has 0 heterocycles. The zero-order valence-electron chi connectivity index (χ0n) is 17.0. The fourth-order valence-electron chi connectivity index (χ4n) is 6.17. The number of rotatable bonds is 8. The van der Waals surface area contributed by atoms with Gasteiger partial charge in [-0.05, 0) is 77.2 Å². The van der Waals surface area contributed by atoms with Crippen LogP contribution >= 0.6 is 0 Å². The highest BCUT2D eigenvalue weighted by molar-refractivity contribution is 5.81. The molecule has 2 amide bonds. The highest BCUT2D eigenvalue weighted by atomic mass is 16.2. The normalized spacial score (nSPS) is 31.2. The average Bonchev–Trinajstić information content (AvgIpc) is 2.52. The minimum absolute atomic E-state index is 0.0380. The number of nitrogens with one attached hydrogen (secondary N) is 1. The second-order valence-electron chi connectivity index (χ2n) is 9.49. The van der Waals surface area contributed by atoms with Crippen molar-refractivity contribution in [2.45, 2.75) is 70.4 Å². The van der Waals surface area contributed by atoms with E-state index in [2.05, 4.69) is 11.4 Å². The molecule has 0 aromatic rings. The van der Waals surface area contributed by atoms with Crippen LogP contribution in [0.5, 0.6) is 0 Å². The van der Waals surface area contributed by atoms with Gasteiger partial charge in [0.1, 0.15) is 0 Å². The largest absolute Gasteiger partial charge is 0.353 e. The molecule has 0 saturated heterocycles. The third kappa shape index (κ3) is 4.63. The molecule has 6 nitrogen and oxygen atoms in total. The summed E-state index contributed by atoms with van der Waals surface area (Å²) >= 11 is 0. The summed E-state index contributed by atoms with van der Waals surface area (Å²) in [7, 11) is 1.82. The van der Waals surface area contributed by atoms with Gasteiger partial charge >= 0.3 is 0 Å². The molecular formula is C21H34N4O2. The molecule has 0 aromatic heterocycles. The maximum atomic E-state index is 13.2. The van der Waals surface area contributed by atoms with E-state index >= 15 is 0 Å². The van der Waals surface area contributed by atoms with Crippen LogP contribution in [0.1, 0.15) is 58.8 Å². The van der Waals surface area contributed by atoms with Crippen LogP contribution in [0, 0.1) is 29.1 Å². The molecule has 4 aliphatic rings. The maximum absolute atomic E-state index is 13.2. The lowest BCUT2D eigenvalue weighted by Crippen LogP contribution is -2.62. The Kier molecular flexibility index (Phi) is 6.10. The van der Waals surface area contributed by atoms with Crippen LogP contribution in [-0.2, 0) is 9.59 Å². The van der Waals surface area contributed by atoms with Crippen molar-refractivity contribution in [3.8, 4) is 6.07 Å². The van der Waals surface area contributed by atoms with Crippen molar-refractivity contribution in [1.82, 2.24) is 15.1 Å². The van der Waals surface area contributed by atoms with Crippen molar-refractivity contribution in [3.63, 3.8) is 0 Å². The molecule has 4 saturated carbocycles. The van der Waals surface area contributed by atoms with Gasteiger partial charge in [0.25, 0.3) is 0 Å². The smallest absolute Gasteiger partial charge is 0.237 e. The molecular weight excluding hydrogens is 340 g/mol. The molecule has 4 rings (SSSR count). The summed E-state index contributed by atoms with van der Waals surface area (Å²) in [4.78, 5) is 29.0. The van der Waals surface area contributed by atoms with E-state index in [9.17, 15) is 9.59 Å². The van der Waals surface area contributed by atoms with Crippen LogP contribution in [0.4, 0.5) is 0 Å². The summed E-state index contributed by atoms with van der Waals surface area (Å²) < 4.78 is 0. The monoisotopic (exact) mass is 374 g/mol. The standard InChI is InChI=1S/C21H34N4O2/c1-15(2)23-19(26)13-24(3)14-20(27)25(6-4-5-22)21-10-16-7-17(11-21)9-18(8-16)12-21/h15-18H,4,6-14H2,1-3H3,(H,23,26). The minimum atomic E-state index is -0.0568. The molecule has 0 spiro atoms. The predicted octanol–water partition coefficient (Wildman–Crippen LogP) is 2.15. The molecule has 27 heavy (non-hydrogen) atoms. The van der Waals surface area contributed by atoms with Gasteiger partial charge in [0.05, 0.1) is 25.6 Å². The molecule has 150 valence electrons. The van der Waals surface area contributed by atoms with Gasteiger partial charge < -0.3 is 10.2 Å². The van der Waals surface area contributed by atoms with E-state index in [-0.39, 0.29) is 36.5 Å². The van der Waals surface area contributed by atoms with Gasteiger partial charge in [0.2, 0.25) is 11.8 Å². The topological polar surface area (TPSA) is 76.4 Å². The Labute approximate surface area is 163 Å². The van der Waals surface area contributed by atoms with Crippen LogP contribution in [0.15, 0.2) is 0 Å². The highest BCUT2D eigenvalue weighted by Gasteiger charge is 2.54. The minimum Gasteiger partial charge on any atom is -0.353 e. The molecule has 0 unspecified atom stereocenters. The molecule has 1 N–H and O–H groups in total. The van der Waals surface area contributed by atoms with Crippen molar-refractivity contribution in [3.05, 3.63) is 0 Å². The van der Waals surface area contributed by atoms with Crippen LogP contribution in [0.3, 0.4) is 0 Å². The third-order valence-corrected chi connectivity index (χ3v) is 6.60. The number of nitrogens with zero attached hydrogens (tertiary/aromatic N) is 3. The molecule has 0 aliphatic heterocycles. The Morgan fingerprint density at radius 1 is 1.11 bits per heavy atom. The summed E-state index contributed by atoms with van der Waals surface area (Å²) in [5, 5.41) is 12.0. The Morgan fingerprint density at radius 2 is 1.67 bits per heavy atom. The van der Waals surface area contributed by atoms with E-state index in [1.807, 2.05) is 25.8 Å². The lowest BCUT2D eigenvalue weighted by molar-refractivity contribution is -0.151. The summed E-state index contributed by atoms with van der Waals surface area (Å²) in [5.74, 6) is 2.28. The van der Waals surface area contributed by atoms with Crippen LogP contribution < -0.4 is 5.32 Å². The molecule has 4 fully saturated rings. The van der Waals surface area contributed by atoms with Crippen molar-refractivity contribution in [2.24, 2.45) is 17.8 Å². The van der Waals surface area contributed by atoms with Crippen molar-refractivity contribution in [2.75, 3.05) is 26.7 Å². The number of carbonyl (C=O) groups is 2. The predicted molar refractivity (Wildman–Crippen MR) is 104 cm³/mol. The number of carbonyl (C=O) groups excluding carboxylic acids is 2. The van der Waals surface area contributed by atoms with Crippen LogP contribution in [0.25, 0.3) is 0 Å². The van der Waals surface area contributed by atoms with Crippen molar-refractivity contribution < 1.29 is 9.59 Å². The fraction of sp³-hybridized carbons (Fsp3) is 0.857. The lowest BCUT2D eigenvalue weighted by Gasteiger charge is -2.60. The van der Waals surface area contributed by atoms with Gasteiger partial charge in [-0.15, -0.1) is 0 Å². The zero-order chi connectivity index (χ0) is 19.6. The molecule has 4 aliphatic carbocycles. The number of likely N-dealkylation sites (N-methyl/N-ethyl adjacent to an activating group) is 1. The van der Waals surface area contributed by atoms with E-state index in [0.717, 1.165) is 37.0 Å². The van der Waals surface area contributed by atoms with E-state index in [1.54, 1.807) is 4.90 Å². The number of hydrogen-bond donors (Lipinski definition) is 1. The van der Waals surface area contributed by atoms with Gasteiger partial charge in [0.15, 0.2) is 0 Å². The lowest BCUT2D eigenvalue weighted by atomic mass is 9.52. The van der Waals surface area contributed by atoms with Gasteiger partial charge in [-0.2, -0.15) is 5.26 Å². The molecule has 6 heteroatoms. The Morgan fingerprint density at radius 3 is 2.15 bits per heavy atom. The third-order valence-electron chi connectivity index (χ3n) is 6.60. The van der Waals surface area contributed by atoms with Gasteiger partial charge in [0, 0.05) is 18.1 Å². The van der Waals surface area contributed by atoms with E-state index in [0.29, 0.717) is 13.0 Å². The van der Waals surface area contributed by atoms with Gasteiger partial charge in [-0.3, -0.25) is 14.5 Å². The van der Waals surface area contributed by atoms with E-state index < -0.39 is 0 Å². The Balaban J connectivity index is 1.67. The highest BCUT2D eigenvalue weighted by Crippen LogP contribution is 2.57. The first-order valence-corrected chi connectivity index (χ1v) is 10.5. The first-order valence-electron chi connectivity index (χ1n) is 10.5. The quantitative estimate of drug-likeness (QED) is 0.706. The summed E-state index contributed by atoms with van der Waals surface area (Å²) in [6, 6.07) is 2.32. The molecule has 0 aromatic carbocycles. The molecule has 0 atom stereocenters. The van der Waals surface area contributed by atoms with Crippen LogP contribution in [0.2, 0.25) is 0 Å². The van der Waals surface area contributed by atoms with Crippen LogP contribution in [-0.4, -0.2) is 59.9 Å². The fourth-order valence-corrected chi connectivity index (χ4v) is 6.17. The van der Waals surface area contributed by atoms with Crippen molar-refractivity contribution in [1.29, 1.82) is 5.26 Å². The summed E-state index contributed by atoms with van der Waals surface area (Å²) in [5.41, 5.74) is -0.0380. The average molecular weight is 375 g/mol.